The topological polar surface area (TPSA) is 27.8 Å². The summed E-state index contributed by atoms with van der Waals surface area (Å²) in [7, 11) is 0. The zero-order valence-corrected chi connectivity index (χ0v) is 37.4. The van der Waals surface area contributed by atoms with Gasteiger partial charge in [0.1, 0.15) is 11.2 Å². The lowest BCUT2D eigenvalue weighted by Gasteiger charge is -2.41. The third-order valence-corrected chi connectivity index (χ3v) is 13.9. The Morgan fingerprint density at radius 1 is 0.507 bits per heavy atom. The highest BCUT2D eigenvalue weighted by molar-refractivity contribution is 6.93. The molecule has 5 nitrogen and oxygen atoms in total. The number of anilines is 8. The minimum atomic E-state index is -0.267. The van der Waals surface area contributed by atoms with Gasteiger partial charge in [-0.15, -0.1) is 0 Å². The van der Waals surface area contributed by atoms with Crippen molar-refractivity contribution in [2.45, 2.75) is 32.6 Å². The number of benzene rings is 9. The first-order valence-corrected chi connectivity index (χ1v) is 23.7. The normalized spacial score (nSPS) is 12.4. The van der Waals surface area contributed by atoms with Gasteiger partial charge in [0.15, 0.2) is 0 Å². The number of hydrogen-bond donors (Lipinski definition) is 0. The number of fused-ring (bicyclic) bond motifs is 10. The van der Waals surface area contributed by atoms with Crippen LogP contribution in [-0.2, 0) is 6.42 Å². The molecule has 6 heteroatoms. The summed E-state index contributed by atoms with van der Waals surface area (Å²) in [5, 5.41) is 3.47. The summed E-state index contributed by atoms with van der Waals surface area (Å²) in [5.74, 6) is 0. The molecule has 0 unspecified atom stereocenters. The molecule has 67 heavy (non-hydrogen) atoms. The van der Waals surface area contributed by atoms with E-state index in [4.69, 9.17) is 4.42 Å². The largest absolute Gasteiger partial charge is 0.466 e. The van der Waals surface area contributed by atoms with Crippen molar-refractivity contribution in [1.82, 2.24) is 4.57 Å². The number of para-hydroxylation sites is 6. The van der Waals surface area contributed by atoms with Gasteiger partial charge >= 0.3 is 6.85 Å². The average molecular weight is 863 g/mol. The minimum absolute atomic E-state index is 0.267. The predicted molar refractivity (Wildman–Crippen MR) is 282 cm³/mol. The molecular weight excluding hydrogens is 816 g/mol. The predicted octanol–water partition coefficient (Wildman–Crippen LogP) is 15.4. The van der Waals surface area contributed by atoms with Gasteiger partial charge in [-0.05, 0) is 126 Å². The van der Waals surface area contributed by atoms with Crippen molar-refractivity contribution in [3.63, 3.8) is 0 Å². The fourth-order valence-corrected chi connectivity index (χ4v) is 11.0. The third kappa shape index (κ3) is 6.24. The molecule has 0 saturated heterocycles. The van der Waals surface area contributed by atoms with Crippen molar-refractivity contribution in [2.24, 2.45) is 0 Å². The van der Waals surface area contributed by atoms with E-state index in [1.54, 1.807) is 0 Å². The molecule has 0 amide bonds. The minimum Gasteiger partial charge on any atom is -0.466 e. The van der Waals surface area contributed by atoms with E-state index in [1.165, 1.54) is 57.7 Å². The second-order valence-electron chi connectivity index (χ2n) is 17.9. The zero-order chi connectivity index (χ0) is 44.4. The first-order valence-electron chi connectivity index (χ1n) is 23.7. The van der Waals surface area contributed by atoms with E-state index in [-0.39, 0.29) is 6.85 Å². The van der Waals surface area contributed by atoms with Crippen molar-refractivity contribution >= 4 is 96.2 Å². The Hall–Kier alpha value is -8.22. The summed E-state index contributed by atoms with van der Waals surface area (Å²) in [5.41, 5.74) is 19.1. The van der Waals surface area contributed by atoms with Gasteiger partial charge in [0.05, 0.1) is 22.4 Å². The maximum atomic E-state index is 7.42. The first-order chi connectivity index (χ1) is 33.2. The van der Waals surface area contributed by atoms with Gasteiger partial charge in [-0.1, -0.05) is 141 Å². The highest BCUT2D eigenvalue weighted by Gasteiger charge is 2.48. The number of hydrogen-bond acceptors (Lipinski definition) is 4. The molecule has 2 aliphatic heterocycles. The lowest BCUT2D eigenvalue weighted by molar-refractivity contribution is 0.648. The van der Waals surface area contributed by atoms with Crippen LogP contribution < -0.4 is 25.7 Å². The Bertz CT molecular complexity index is 3530. The Morgan fingerprint density at radius 3 is 1.76 bits per heavy atom. The first kappa shape index (κ1) is 39.2. The molecule has 2 aliphatic rings. The maximum Gasteiger partial charge on any atom is 0.375 e. The van der Waals surface area contributed by atoms with Gasteiger partial charge in [0, 0.05) is 61.5 Å². The van der Waals surface area contributed by atoms with Crippen LogP contribution in [0.1, 0.15) is 31.7 Å². The second kappa shape index (κ2) is 16.0. The van der Waals surface area contributed by atoms with E-state index < -0.39 is 0 Å². The molecule has 0 saturated carbocycles. The molecule has 2 aromatic heterocycles. The van der Waals surface area contributed by atoms with Crippen LogP contribution in [0.4, 0.5) is 45.5 Å². The molecule has 320 valence electrons. The highest BCUT2D eigenvalue weighted by Crippen LogP contribution is 2.51. The van der Waals surface area contributed by atoms with Gasteiger partial charge in [0.2, 0.25) is 0 Å². The summed E-state index contributed by atoms with van der Waals surface area (Å²) >= 11 is 0. The maximum absolute atomic E-state index is 7.42. The molecule has 13 rings (SSSR count). The Labute approximate surface area is 391 Å². The third-order valence-electron chi connectivity index (χ3n) is 13.9. The number of furan rings is 1. The Morgan fingerprint density at radius 2 is 1.10 bits per heavy atom. The van der Waals surface area contributed by atoms with Crippen LogP contribution >= 0.6 is 0 Å². The highest BCUT2D eigenvalue weighted by atomic mass is 16.3. The van der Waals surface area contributed by atoms with E-state index in [0.29, 0.717) is 0 Å². The quantitative estimate of drug-likeness (QED) is 0.0956. The van der Waals surface area contributed by atoms with Crippen LogP contribution in [-0.4, -0.2) is 11.4 Å². The lowest BCUT2D eigenvalue weighted by Crippen LogP contribution is -2.60. The lowest BCUT2D eigenvalue weighted by atomic mass is 9.46. The van der Waals surface area contributed by atoms with Crippen molar-refractivity contribution in [3.8, 4) is 16.8 Å². The van der Waals surface area contributed by atoms with Gasteiger partial charge < -0.3 is 23.6 Å². The fraction of sp³-hybridized carbons (Fsp3) is 0.0820. The number of aryl methyl sites for hydroxylation is 1. The Kier molecular flexibility index (Phi) is 9.38. The standard InChI is InChI=1S/C61H47BN4O/c1-2-3-8-21-42-34-36-47(37-35-42)66-54-33-20-17-30-49(54)51-41-55(64(45-26-13-6-14-27-45)46-28-15-7-16-29-46)57-50-31-18-19-32-53(50)65-59-52-40-48(38-39-56(52)67-61(59)62(66)58(51)60(57)65)63(43-22-9-4-10-23-43)44-24-11-5-12-25-44/h4-7,9-20,22-41H,2-3,8,21H2,1H3. The van der Waals surface area contributed by atoms with Crippen molar-refractivity contribution in [3.05, 3.63) is 224 Å². The van der Waals surface area contributed by atoms with Gasteiger partial charge in [-0.25, -0.2) is 0 Å². The number of nitrogens with zero attached hydrogens (tertiary/aromatic N) is 4. The molecule has 0 aliphatic carbocycles. The van der Waals surface area contributed by atoms with Gasteiger partial charge in [-0.3, -0.25) is 0 Å². The van der Waals surface area contributed by atoms with E-state index in [1.807, 2.05) is 0 Å². The SMILES string of the molecule is CCCCCc1ccc(N2B3c4oc5ccc(N(c6ccccc6)c6ccccc6)cc5c4-n4c5ccccc5c5c(N(c6ccccc6)c6ccccc6)cc(c3c54)-c3ccccc32)cc1. The molecule has 0 fully saturated rings. The van der Waals surface area contributed by atoms with Crippen LogP contribution in [0.3, 0.4) is 0 Å². The smallest absolute Gasteiger partial charge is 0.375 e. The van der Waals surface area contributed by atoms with E-state index >= 15 is 0 Å². The second-order valence-corrected chi connectivity index (χ2v) is 17.9. The van der Waals surface area contributed by atoms with Gasteiger partial charge in [-0.2, -0.15) is 0 Å². The molecule has 4 heterocycles. The molecule has 11 aromatic rings. The molecule has 0 bridgehead atoms. The summed E-state index contributed by atoms with van der Waals surface area (Å²) in [4.78, 5) is 7.35. The van der Waals surface area contributed by atoms with Crippen molar-refractivity contribution < 1.29 is 4.42 Å². The van der Waals surface area contributed by atoms with E-state index in [9.17, 15) is 0 Å². The van der Waals surface area contributed by atoms with Crippen molar-refractivity contribution in [1.29, 1.82) is 0 Å². The molecule has 0 atom stereocenters. The number of aromatic nitrogens is 1. The molecule has 0 spiro atoms. The number of rotatable bonds is 11. The number of unbranched alkanes of at least 4 members (excludes halogenated alkanes) is 2. The molecule has 0 radical (unpaired) electrons. The van der Waals surface area contributed by atoms with Crippen LogP contribution in [0, 0.1) is 0 Å². The van der Waals surface area contributed by atoms with E-state index in [2.05, 4.69) is 244 Å². The summed E-state index contributed by atoms with van der Waals surface area (Å²) in [6, 6.07) is 79.5. The molecule has 9 aromatic carbocycles. The van der Waals surface area contributed by atoms with E-state index in [0.717, 1.165) is 79.8 Å². The molecular formula is C61H47BN4O. The van der Waals surface area contributed by atoms with Crippen LogP contribution in [0.5, 0.6) is 0 Å². The summed E-state index contributed by atoms with van der Waals surface area (Å²) in [6.07, 6.45) is 4.73. The zero-order valence-electron chi connectivity index (χ0n) is 37.4. The molecule has 0 N–H and O–H groups in total. The van der Waals surface area contributed by atoms with Gasteiger partial charge in [0.25, 0.3) is 0 Å². The van der Waals surface area contributed by atoms with Crippen molar-refractivity contribution in [2.75, 3.05) is 14.6 Å². The van der Waals surface area contributed by atoms with Crippen LogP contribution in [0.15, 0.2) is 223 Å². The van der Waals surface area contributed by atoms with Crippen LogP contribution in [0.25, 0.3) is 49.6 Å². The monoisotopic (exact) mass is 862 g/mol. The Balaban J connectivity index is 1.15. The fourth-order valence-electron chi connectivity index (χ4n) is 11.0. The average Bonchev–Trinajstić information content (AvgIpc) is 3.94. The van der Waals surface area contributed by atoms with Crippen LogP contribution in [0.2, 0.25) is 0 Å². The summed E-state index contributed by atoms with van der Waals surface area (Å²) in [6.45, 7) is 2.01. The summed E-state index contributed by atoms with van der Waals surface area (Å²) < 4.78 is 9.96.